The lowest BCUT2D eigenvalue weighted by Crippen LogP contribution is -2.26. The van der Waals surface area contributed by atoms with E-state index in [4.69, 9.17) is 19.4 Å². The van der Waals surface area contributed by atoms with Crippen molar-refractivity contribution in [3.05, 3.63) is 101 Å². The van der Waals surface area contributed by atoms with Crippen LogP contribution >= 0.6 is 0 Å². The van der Waals surface area contributed by atoms with E-state index in [9.17, 15) is 0 Å². The van der Waals surface area contributed by atoms with Crippen molar-refractivity contribution < 1.29 is 9.47 Å². The zero-order chi connectivity index (χ0) is 22.6. The van der Waals surface area contributed by atoms with Crippen LogP contribution in [0.1, 0.15) is 41.1 Å². The van der Waals surface area contributed by atoms with Gasteiger partial charge in [0.1, 0.15) is 18.5 Å². The molecule has 4 aromatic rings. The number of hydrogen-bond donors (Lipinski definition) is 0. The Hall–Kier alpha value is -3.28. The van der Waals surface area contributed by atoms with Crippen LogP contribution in [-0.4, -0.2) is 34.6 Å². The fourth-order valence-electron chi connectivity index (χ4n) is 4.43. The first-order valence-electron chi connectivity index (χ1n) is 11.6. The van der Waals surface area contributed by atoms with Gasteiger partial charge in [0.05, 0.1) is 22.4 Å². The van der Waals surface area contributed by atoms with Crippen LogP contribution in [0.15, 0.2) is 72.8 Å². The maximum Gasteiger partial charge on any atom is 0.123 e. The highest BCUT2D eigenvalue weighted by Crippen LogP contribution is 2.32. The highest BCUT2D eigenvalue weighted by molar-refractivity contribution is 5.74. The van der Waals surface area contributed by atoms with Gasteiger partial charge in [-0.15, -0.1) is 0 Å². The molecule has 1 aliphatic heterocycles. The molecule has 5 nitrogen and oxygen atoms in total. The van der Waals surface area contributed by atoms with Crippen molar-refractivity contribution in [2.75, 3.05) is 19.8 Å². The van der Waals surface area contributed by atoms with Gasteiger partial charge in [0.15, 0.2) is 0 Å². The van der Waals surface area contributed by atoms with Gasteiger partial charge < -0.3 is 9.47 Å². The minimum atomic E-state index is -0.0909. The summed E-state index contributed by atoms with van der Waals surface area (Å²) < 4.78 is 12.2. The Morgan fingerprint density at radius 2 is 1.70 bits per heavy atom. The second-order valence-corrected chi connectivity index (χ2v) is 8.42. The van der Waals surface area contributed by atoms with E-state index in [0.29, 0.717) is 13.2 Å². The van der Waals surface area contributed by atoms with Crippen molar-refractivity contribution in [2.24, 2.45) is 0 Å². The Morgan fingerprint density at radius 3 is 2.48 bits per heavy atom. The monoisotopic (exact) mass is 439 g/mol. The van der Waals surface area contributed by atoms with Gasteiger partial charge in [-0.3, -0.25) is 4.90 Å². The number of hydrogen-bond acceptors (Lipinski definition) is 5. The average Bonchev–Trinajstić information content (AvgIpc) is 3.04. The molecule has 33 heavy (non-hydrogen) atoms. The number of nitrogens with zero attached hydrogens (tertiary/aromatic N) is 3. The Bertz CT molecular complexity index is 1240. The molecule has 0 spiro atoms. The van der Waals surface area contributed by atoms with Crippen LogP contribution in [0.3, 0.4) is 0 Å². The maximum atomic E-state index is 6.14. The van der Waals surface area contributed by atoms with Crippen molar-refractivity contribution in [3.8, 4) is 5.75 Å². The smallest absolute Gasteiger partial charge is 0.123 e. The van der Waals surface area contributed by atoms with E-state index in [1.54, 1.807) is 0 Å². The second-order valence-electron chi connectivity index (χ2n) is 8.42. The summed E-state index contributed by atoms with van der Waals surface area (Å²) in [6.45, 7) is 7.76. The number of ether oxygens (including phenoxy) is 2. The van der Waals surface area contributed by atoms with E-state index in [-0.39, 0.29) is 6.10 Å². The van der Waals surface area contributed by atoms with Crippen LogP contribution in [0.5, 0.6) is 5.75 Å². The molecule has 0 amide bonds. The molecule has 0 saturated carbocycles. The predicted octanol–water partition coefficient (Wildman–Crippen LogP) is 5.46. The van der Waals surface area contributed by atoms with Crippen LogP contribution in [0.4, 0.5) is 0 Å². The average molecular weight is 440 g/mol. The molecule has 0 fully saturated rings. The Balaban J connectivity index is 1.42. The quantitative estimate of drug-likeness (QED) is 0.399. The molecule has 0 radical (unpaired) electrons. The first-order chi connectivity index (χ1) is 16.2. The zero-order valence-electron chi connectivity index (χ0n) is 19.2. The third-order valence-corrected chi connectivity index (χ3v) is 6.10. The normalized spacial score (nSPS) is 15.0. The summed E-state index contributed by atoms with van der Waals surface area (Å²) in [5.41, 5.74) is 7.36. The highest BCUT2D eigenvalue weighted by Gasteiger charge is 2.21. The standard InChI is InChI=1S/C28H29N3O2/c1-3-32-28(21-9-5-4-6-10-21)22-13-14-27-23(17-22)18-31(15-16-33-27)19-26-20(2)29-24-11-7-8-12-25(24)30-26/h4-14,17,28H,3,15-16,18-19H2,1-2H3. The molecule has 5 heteroatoms. The Morgan fingerprint density at radius 1 is 0.939 bits per heavy atom. The van der Waals surface area contributed by atoms with E-state index in [2.05, 4.69) is 47.4 Å². The largest absolute Gasteiger partial charge is 0.492 e. The predicted molar refractivity (Wildman–Crippen MR) is 130 cm³/mol. The maximum absolute atomic E-state index is 6.14. The molecule has 5 rings (SSSR count). The van der Waals surface area contributed by atoms with Gasteiger partial charge in [-0.1, -0.05) is 48.5 Å². The highest BCUT2D eigenvalue weighted by atomic mass is 16.5. The van der Waals surface area contributed by atoms with Crippen LogP contribution in [0.2, 0.25) is 0 Å². The SMILES string of the molecule is CCOC(c1ccccc1)c1ccc2c(c1)CN(Cc1nc3ccccc3nc1C)CCO2. The van der Waals surface area contributed by atoms with Crippen LogP contribution < -0.4 is 4.74 Å². The number of para-hydroxylation sites is 2. The molecule has 3 aromatic carbocycles. The fourth-order valence-corrected chi connectivity index (χ4v) is 4.43. The summed E-state index contributed by atoms with van der Waals surface area (Å²) in [6, 6.07) is 24.9. The fraction of sp³-hybridized carbons (Fsp3) is 0.286. The van der Waals surface area contributed by atoms with Crippen molar-refractivity contribution >= 4 is 11.0 Å². The summed E-state index contributed by atoms with van der Waals surface area (Å²) in [7, 11) is 0. The van der Waals surface area contributed by atoms with E-state index in [1.165, 1.54) is 5.56 Å². The van der Waals surface area contributed by atoms with Crippen molar-refractivity contribution in [1.29, 1.82) is 0 Å². The van der Waals surface area contributed by atoms with Crippen LogP contribution in [-0.2, 0) is 17.8 Å². The summed E-state index contributed by atoms with van der Waals surface area (Å²) in [5.74, 6) is 0.950. The lowest BCUT2D eigenvalue weighted by atomic mass is 9.98. The van der Waals surface area contributed by atoms with Gasteiger partial charge in [-0.2, -0.15) is 0 Å². The van der Waals surface area contributed by atoms with Crippen LogP contribution in [0.25, 0.3) is 11.0 Å². The molecule has 1 unspecified atom stereocenters. The number of fused-ring (bicyclic) bond motifs is 2. The third kappa shape index (κ3) is 4.75. The minimum Gasteiger partial charge on any atom is -0.492 e. The molecule has 0 saturated heterocycles. The molecule has 1 aromatic heterocycles. The lowest BCUT2D eigenvalue weighted by Gasteiger charge is -2.22. The first-order valence-corrected chi connectivity index (χ1v) is 11.6. The molecule has 0 bridgehead atoms. The topological polar surface area (TPSA) is 47.5 Å². The van der Waals surface area contributed by atoms with Gasteiger partial charge in [0.25, 0.3) is 0 Å². The Labute approximate surface area is 195 Å². The van der Waals surface area contributed by atoms with Crippen molar-refractivity contribution in [3.63, 3.8) is 0 Å². The summed E-state index contributed by atoms with van der Waals surface area (Å²) >= 11 is 0. The van der Waals surface area contributed by atoms with Gasteiger partial charge >= 0.3 is 0 Å². The summed E-state index contributed by atoms with van der Waals surface area (Å²) in [6.07, 6.45) is -0.0909. The summed E-state index contributed by atoms with van der Waals surface area (Å²) in [5, 5.41) is 0. The van der Waals surface area contributed by atoms with Crippen molar-refractivity contribution in [1.82, 2.24) is 14.9 Å². The van der Waals surface area contributed by atoms with Gasteiger partial charge in [0, 0.05) is 31.8 Å². The number of rotatable bonds is 6. The van der Waals surface area contributed by atoms with Gasteiger partial charge in [-0.05, 0) is 49.2 Å². The van der Waals surface area contributed by atoms with E-state index in [0.717, 1.165) is 58.9 Å². The van der Waals surface area contributed by atoms with E-state index < -0.39 is 0 Å². The van der Waals surface area contributed by atoms with Gasteiger partial charge in [-0.25, -0.2) is 9.97 Å². The number of aromatic nitrogens is 2. The van der Waals surface area contributed by atoms with E-state index in [1.807, 2.05) is 44.2 Å². The molecular formula is C28H29N3O2. The number of aryl methyl sites for hydroxylation is 1. The third-order valence-electron chi connectivity index (χ3n) is 6.10. The van der Waals surface area contributed by atoms with Crippen molar-refractivity contribution in [2.45, 2.75) is 33.0 Å². The summed E-state index contributed by atoms with van der Waals surface area (Å²) in [4.78, 5) is 12.1. The molecular weight excluding hydrogens is 410 g/mol. The zero-order valence-corrected chi connectivity index (χ0v) is 19.2. The molecule has 2 heterocycles. The molecule has 0 aliphatic carbocycles. The Kier molecular flexibility index (Phi) is 6.33. The van der Waals surface area contributed by atoms with E-state index >= 15 is 0 Å². The lowest BCUT2D eigenvalue weighted by molar-refractivity contribution is 0.0912. The van der Waals surface area contributed by atoms with Crippen LogP contribution in [0, 0.1) is 6.92 Å². The molecule has 0 N–H and O–H groups in total. The molecule has 168 valence electrons. The minimum absolute atomic E-state index is 0.0909. The molecule has 1 atom stereocenters. The number of benzene rings is 3. The van der Waals surface area contributed by atoms with Gasteiger partial charge in [0.2, 0.25) is 0 Å². The second kappa shape index (κ2) is 9.69. The first kappa shape index (κ1) is 21.6. The molecule has 1 aliphatic rings.